The summed E-state index contributed by atoms with van der Waals surface area (Å²) in [5, 5.41) is 14.0. The van der Waals surface area contributed by atoms with Crippen molar-refractivity contribution < 1.29 is 22.9 Å². The molecule has 2 aromatic carbocycles. The van der Waals surface area contributed by atoms with Gasteiger partial charge in [-0.15, -0.1) is 0 Å². The van der Waals surface area contributed by atoms with Crippen molar-refractivity contribution in [3.05, 3.63) is 69.8 Å². The lowest BCUT2D eigenvalue weighted by Crippen LogP contribution is -2.52. The maximum absolute atomic E-state index is 13.5. The summed E-state index contributed by atoms with van der Waals surface area (Å²) in [5.41, 5.74) is 1.41. The molecule has 0 aliphatic carbocycles. The molecule has 1 N–H and O–H groups in total. The molecule has 0 aromatic heterocycles. The maximum atomic E-state index is 13.5. The van der Waals surface area contributed by atoms with E-state index in [2.05, 4.69) is 5.32 Å². The minimum Gasteiger partial charge on any atom is -0.352 e. The largest absolute Gasteiger partial charge is 0.352 e. The van der Waals surface area contributed by atoms with E-state index in [1.54, 1.807) is 6.92 Å². The van der Waals surface area contributed by atoms with Crippen LogP contribution in [0.25, 0.3) is 0 Å². The summed E-state index contributed by atoms with van der Waals surface area (Å²) < 4.78 is 26.0. The molecule has 35 heavy (non-hydrogen) atoms. The molecule has 2 rings (SSSR count). The first-order chi connectivity index (χ1) is 16.3. The van der Waals surface area contributed by atoms with E-state index >= 15 is 0 Å². The van der Waals surface area contributed by atoms with Crippen molar-refractivity contribution in [2.45, 2.75) is 52.7 Å². The highest BCUT2D eigenvalue weighted by molar-refractivity contribution is 7.92. The minimum absolute atomic E-state index is 0.0115. The van der Waals surface area contributed by atoms with Gasteiger partial charge in [-0.1, -0.05) is 37.3 Å². The third kappa shape index (κ3) is 7.51. The van der Waals surface area contributed by atoms with E-state index < -0.39 is 33.4 Å². The van der Waals surface area contributed by atoms with E-state index in [-0.39, 0.29) is 29.9 Å². The van der Waals surface area contributed by atoms with Gasteiger partial charge in [0.15, 0.2) is 0 Å². The summed E-state index contributed by atoms with van der Waals surface area (Å²) in [4.78, 5) is 38.3. The molecule has 0 bridgehead atoms. The highest BCUT2D eigenvalue weighted by Gasteiger charge is 2.31. The van der Waals surface area contributed by atoms with Crippen LogP contribution in [-0.2, 0) is 26.2 Å². The first-order valence-corrected chi connectivity index (χ1v) is 13.1. The Balaban J connectivity index is 2.44. The summed E-state index contributed by atoms with van der Waals surface area (Å²) in [6.07, 6.45) is 1.63. The quantitative estimate of drug-likeness (QED) is 0.370. The molecule has 190 valence electrons. The number of aryl methyl sites for hydroxylation is 1. The molecule has 2 aromatic rings. The number of hydrogen-bond acceptors (Lipinski definition) is 6. The second kappa shape index (κ2) is 11.8. The van der Waals surface area contributed by atoms with Gasteiger partial charge in [0.2, 0.25) is 21.8 Å². The fourth-order valence-electron chi connectivity index (χ4n) is 3.39. The lowest BCUT2D eigenvalue weighted by molar-refractivity contribution is -0.384. The third-order valence-corrected chi connectivity index (χ3v) is 6.92. The average molecular weight is 505 g/mol. The molecular formula is C24H32N4O6S. The number of anilines is 1. The minimum atomic E-state index is -3.98. The molecule has 0 aliphatic rings. The molecule has 0 unspecified atom stereocenters. The number of hydrogen-bond donors (Lipinski definition) is 1. The predicted octanol–water partition coefficient (Wildman–Crippen LogP) is 3.00. The van der Waals surface area contributed by atoms with Crippen molar-refractivity contribution in [1.29, 1.82) is 0 Å². The van der Waals surface area contributed by atoms with Crippen LogP contribution in [0.15, 0.2) is 48.5 Å². The third-order valence-electron chi connectivity index (χ3n) is 5.78. The number of amides is 2. The number of rotatable bonds is 11. The number of nitro benzene ring substituents is 1. The number of non-ortho nitro benzene ring substituents is 1. The second-order valence-corrected chi connectivity index (χ2v) is 10.4. The van der Waals surface area contributed by atoms with Crippen LogP contribution in [0.2, 0.25) is 0 Å². The second-order valence-electron chi connectivity index (χ2n) is 8.49. The number of carbonyl (C=O) groups is 2. The average Bonchev–Trinajstić information content (AvgIpc) is 2.80. The van der Waals surface area contributed by atoms with Crippen molar-refractivity contribution in [1.82, 2.24) is 10.2 Å². The van der Waals surface area contributed by atoms with Crippen molar-refractivity contribution in [3.8, 4) is 0 Å². The van der Waals surface area contributed by atoms with Gasteiger partial charge in [0.1, 0.15) is 12.6 Å². The van der Waals surface area contributed by atoms with E-state index in [4.69, 9.17) is 0 Å². The number of carbonyl (C=O) groups excluding carboxylic acids is 2. The fourth-order valence-corrected chi connectivity index (χ4v) is 4.24. The van der Waals surface area contributed by atoms with Gasteiger partial charge in [-0.3, -0.25) is 24.0 Å². The summed E-state index contributed by atoms with van der Waals surface area (Å²) in [7, 11) is -3.98. The van der Waals surface area contributed by atoms with Crippen molar-refractivity contribution in [2.24, 2.45) is 0 Å². The molecular weight excluding hydrogens is 472 g/mol. The Morgan fingerprint density at radius 2 is 1.77 bits per heavy atom. The normalized spacial score (nSPS) is 12.9. The van der Waals surface area contributed by atoms with Crippen LogP contribution in [0.1, 0.15) is 38.3 Å². The number of benzene rings is 2. The van der Waals surface area contributed by atoms with Crippen molar-refractivity contribution in [3.63, 3.8) is 0 Å². The number of sulfonamides is 1. The number of nitrogens with one attached hydrogen (secondary N) is 1. The van der Waals surface area contributed by atoms with Crippen LogP contribution >= 0.6 is 0 Å². The topological polar surface area (TPSA) is 130 Å². The van der Waals surface area contributed by atoms with Gasteiger partial charge in [0, 0.05) is 24.7 Å². The zero-order valence-corrected chi connectivity index (χ0v) is 21.4. The van der Waals surface area contributed by atoms with E-state index in [9.17, 15) is 28.1 Å². The standard InChI is InChI=1S/C24H32N4O6S/c1-6-18(3)25-24(30)19(4)26(15-20-11-8-7-10-17(20)2)23(29)16-27(35(5,33)34)21-12-9-13-22(14-21)28(31)32/h7-14,18-19H,6,15-16H2,1-5H3,(H,25,30)/t18-,19-/m1/s1. The van der Waals surface area contributed by atoms with E-state index in [1.165, 1.54) is 23.1 Å². The van der Waals surface area contributed by atoms with Crippen LogP contribution in [-0.4, -0.2) is 54.9 Å². The zero-order chi connectivity index (χ0) is 26.3. The summed E-state index contributed by atoms with van der Waals surface area (Å²) >= 11 is 0. The Kier molecular flexibility index (Phi) is 9.35. The molecule has 2 atom stereocenters. The van der Waals surface area contributed by atoms with Gasteiger partial charge in [0.25, 0.3) is 5.69 Å². The molecule has 0 fully saturated rings. The Morgan fingerprint density at radius 1 is 1.11 bits per heavy atom. The highest BCUT2D eigenvalue weighted by atomic mass is 32.2. The first-order valence-electron chi connectivity index (χ1n) is 11.2. The van der Waals surface area contributed by atoms with Crippen molar-refractivity contribution in [2.75, 3.05) is 17.1 Å². The summed E-state index contributed by atoms with van der Waals surface area (Å²) in [5.74, 6) is -0.973. The van der Waals surface area contributed by atoms with Crippen molar-refractivity contribution >= 4 is 33.2 Å². The molecule has 2 amide bonds. The molecule has 10 nitrogen and oxygen atoms in total. The Labute approximate surface area is 206 Å². The van der Waals surface area contributed by atoms with Gasteiger partial charge >= 0.3 is 0 Å². The predicted molar refractivity (Wildman–Crippen MR) is 134 cm³/mol. The van der Waals surface area contributed by atoms with Crippen LogP contribution in [0.4, 0.5) is 11.4 Å². The van der Waals surface area contributed by atoms with Gasteiger partial charge in [-0.05, 0) is 44.4 Å². The molecule has 0 radical (unpaired) electrons. The Morgan fingerprint density at radius 3 is 2.34 bits per heavy atom. The van der Waals surface area contributed by atoms with Gasteiger partial charge < -0.3 is 10.2 Å². The first kappa shape index (κ1) is 27.8. The zero-order valence-electron chi connectivity index (χ0n) is 20.6. The monoisotopic (exact) mass is 504 g/mol. The lowest BCUT2D eigenvalue weighted by Gasteiger charge is -2.32. The van der Waals surface area contributed by atoms with Crippen LogP contribution in [0.3, 0.4) is 0 Å². The Hall–Kier alpha value is -3.47. The highest BCUT2D eigenvalue weighted by Crippen LogP contribution is 2.24. The molecule has 0 saturated carbocycles. The van der Waals surface area contributed by atoms with Gasteiger partial charge in [-0.2, -0.15) is 0 Å². The summed E-state index contributed by atoms with van der Waals surface area (Å²) in [6.45, 7) is 6.72. The maximum Gasteiger partial charge on any atom is 0.271 e. The lowest BCUT2D eigenvalue weighted by atomic mass is 10.1. The number of nitrogens with zero attached hydrogens (tertiary/aromatic N) is 3. The molecule has 0 saturated heterocycles. The Bertz CT molecular complexity index is 1180. The van der Waals surface area contributed by atoms with Crippen LogP contribution < -0.4 is 9.62 Å². The van der Waals surface area contributed by atoms with Gasteiger partial charge in [-0.25, -0.2) is 8.42 Å². The molecule has 0 heterocycles. The van der Waals surface area contributed by atoms with Gasteiger partial charge in [0.05, 0.1) is 16.9 Å². The number of nitro groups is 1. The SMILES string of the molecule is CC[C@@H](C)NC(=O)[C@@H](C)N(Cc1ccccc1C)C(=O)CN(c1cccc([N+](=O)[O-])c1)S(C)(=O)=O. The smallest absolute Gasteiger partial charge is 0.271 e. The van der Waals surface area contributed by atoms with E-state index in [1.807, 2.05) is 45.0 Å². The van der Waals surface area contributed by atoms with Crippen LogP contribution in [0, 0.1) is 17.0 Å². The molecule has 0 spiro atoms. The van der Waals surface area contributed by atoms with E-state index in [0.29, 0.717) is 6.42 Å². The molecule has 11 heteroatoms. The fraction of sp³-hybridized carbons (Fsp3) is 0.417. The van der Waals surface area contributed by atoms with Crippen LogP contribution in [0.5, 0.6) is 0 Å². The molecule has 0 aliphatic heterocycles. The summed E-state index contributed by atoms with van der Waals surface area (Å²) in [6, 6.07) is 11.5. The van der Waals surface area contributed by atoms with E-state index in [0.717, 1.165) is 27.8 Å².